The fraction of sp³-hybridized carbons (Fsp3) is 0.316. The predicted molar refractivity (Wildman–Crippen MR) is 95.8 cm³/mol. The van der Waals surface area contributed by atoms with E-state index in [4.69, 9.17) is 0 Å². The van der Waals surface area contributed by atoms with Crippen molar-refractivity contribution in [1.82, 2.24) is 0 Å². The van der Waals surface area contributed by atoms with E-state index in [1.807, 2.05) is 12.1 Å². The van der Waals surface area contributed by atoms with Gasteiger partial charge < -0.3 is 15.0 Å². The van der Waals surface area contributed by atoms with Gasteiger partial charge >= 0.3 is 6.61 Å². The molecule has 2 aromatic carbocycles. The average Bonchev–Trinajstić information content (AvgIpc) is 2.59. The van der Waals surface area contributed by atoms with Crippen molar-refractivity contribution in [3.05, 3.63) is 53.6 Å². The van der Waals surface area contributed by atoms with Crippen LogP contribution in [0.15, 0.2) is 42.5 Å². The lowest BCUT2D eigenvalue weighted by molar-refractivity contribution is -0.0502. The number of anilines is 2. The number of nitrogens with zero attached hydrogens (tertiary/aromatic N) is 1. The summed E-state index contributed by atoms with van der Waals surface area (Å²) in [7, 11) is 0. The van der Waals surface area contributed by atoms with Crippen molar-refractivity contribution in [1.29, 1.82) is 0 Å². The number of rotatable bonds is 7. The lowest BCUT2D eigenvalue weighted by Crippen LogP contribution is -2.22. The van der Waals surface area contributed by atoms with Crippen LogP contribution in [0.4, 0.5) is 20.2 Å². The van der Waals surface area contributed by atoms with Gasteiger partial charge in [-0.05, 0) is 57.2 Å². The Bertz CT molecular complexity index is 714. The Morgan fingerprint density at radius 3 is 2.32 bits per heavy atom. The van der Waals surface area contributed by atoms with Gasteiger partial charge in [0.1, 0.15) is 5.75 Å². The molecule has 0 saturated heterocycles. The summed E-state index contributed by atoms with van der Waals surface area (Å²) in [6, 6.07) is 11.9. The Morgan fingerprint density at radius 2 is 1.76 bits per heavy atom. The number of halogens is 2. The quantitative estimate of drug-likeness (QED) is 0.789. The van der Waals surface area contributed by atoms with E-state index in [0.717, 1.165) is 18.8 Å². The molecule has 0 bridgehead atoms. The van der Waals surface area contributed by atoms with Crippen LogP contribution in [0.2, 0.25) is 0 Å². The Kier molecular flexibility index (Phi) is 6.33. The van der Waals surface area contributed by atoms with Gasteiger partial charge in [0, 0.05) is 35.6 Å². The molecule has 0 aliphatic heterocycles. The van der Waals surface area contributed by atoms with Crippen molar-refractivity contribution in [2.75, 3.05) is 23.3 Å². The fourth-order valence-corrected chi connectivity index (χ4v) is 2.58. The Hall–Kier alpha value is -2.63. The standard InChI is InChI=1S/C19H22F2N2O2/c1-4-23(5-2)15-11-9-14(10-12-15)18(24)22-16-7-6-8-17(13(16)3)25-19(20)21/h6-12,19H,4-5H2,1-3H3,(H,22,24). The molecule has 0 spiro atoms. The van der Waals surface area contributed by atoms with Crippen LogP contribution in [0.25, 0.3) is 0 Å². The first-order valence-corrected chi connectivity index (χ1v) is 8.17. The van der Waals surface area contributed by atoms with Crippen LogP contribution in [-0.2, 0) is 0 Å². The van der Waals surface area contributed by atoms with Crippen LogP contribution < -0.4 is 15.0 Å². The zero-order chi connectivity index (χ0) is 18.4. The van der Waals surface area contributed by atoms with Gasteiger partial charge in [0.15, 0.2) is 0 Å². The summed E-state index contributed by atoms with van der Waals surface area (Å²) in [5.74, 6) is -0.256. The summed E-state index contributed by atoms with van der Waals surface area (Å²) in [6.07, 6.45) is 0. The summed E-state index contributed by atoms with van der Waals surface area (Å²) in [4.78, 5) is 14.6. The second-order valence-corrected chi connectivity index (χ2v) is 5.48. The molecule has 4 nitrogen and oxygen atoms in total. The number of nitrogens with one attached hydrogen (secondary N) is 1. The van der Waals surface area contributed by atoms with Crippen LogP contribution in [-0.4, -0.2) is 25.6 Å². The third-order valence-electron chi connectivity index (χ3n) is 4.01. The zero-order valence-corrected chi connectivity index (χ0v) is 14.6. The molecule has 2 rings (SSSR count). The van der Waals surface area contributed by atoms with Gasteiger partial charge in [-0.2, -0.15) is 8.78 Å². The van der Waals surface area contributed by atoms with Crippen LogP contribution in [0.3, 0.4) is 0 Å². The number of benzene rings is 2. The minimum atomic E-state index is -2.91. The molecule has 0 aliphatic carbocycles. The van der Waals surface area contributed by atoms with E-state index in [1.165, 1.54) is 6.07 Å². The number of carbonyl (C=O) groups is 1. The van der Waals surface area contributed by atoms with Crippen LogP contribution in [0.5, 0.6) is 5.75 Å². The summed E-state index contributed by atoms with van der Waals surface area (Å²) >= 11 is 0. The second-order valence-electron chi connectivity index (χ2n) is 5.48. The average molecular weight is 348 g/mol. The maximum absolute atomic E-state index is 12.4. The molecule has 0 aromatic heterocycles. The normalized spacial score (nSPS) is 10.6. The smallest absolute Gasteiger partial charge is 0.387 e. The minimum absolute atomic E-state index is 0.0460. The first-order chi connectivity index (χ1) is 12.0. The highest BCUT2D eigenvalue weighted by Gasteiger charge is 2.13. The molecular formula is C19H22F2N2O2. The van der Waals surface area contributed by atoms with Crippen molar-refractivity contribution < 1.29 is 18.3 Å². The highest BCUT2D eigenvalue weighted by atomic mass is 19.3. The number of carbonyl (C=O) groups excluding carboxylic acids is 1. The van der Waals surface area contributed by atoms with E-state index < -0.39 is 6.61 Å². The molecule has 134 valence electrons. The lowest BCUT2D eigenvalue weighted by Gasteiger charge is -2.21. The molecule has 0 aliphatic rings. The molecule has 0 saturated carbocycles. The highest BCUT2D eigenvalue weighted by molar-refractivity contribution is 6.05. The second kappa shape index (κ2) is 8.46. The van der Waals surface area contributed by atoms with Crippen molar-refractivity contribution >= 4 is 17.3 Å². The molecule has 0 radical (unpaired) electrons. The minimum Gasteiger partial charge on any atom is -0.434 e. The molecule has 0 heterocycles. The molecule has 0 unspecified atom stereocenters. The summed E-state index contributed by atoms with van der Waals surface area (Å²) in [5.41, 5.74) is 2.44. The van der Waals surface area contributed by atoms with Crippen LogP contribution >= 0.6 is 0 Å². The number of hydrogen-bond acceptors (Lipinski definition) is 3. The van der Waals surface area contributed by atoms with E-state index in [9.17, 15) is 13.6 Å². The van der Waals surface area contributed by atoms with Gasteiger partial charge in [-0.1, -0.05) is 6.07 Å². The maximum atomic E-state index is 12.4. The molecule has 1 N–H and O–H groups in total. The molecule has 0 fully saturated rings. The SMILES string of the molecule is CCN(CC)c1ccc(C(=O)Nc2cccc(OC(F)F)c2C)cc1. The van der Waals surface area contributed by atoms with Gasteiger partial charge in [0.05, 0.1) is 0 Å². The number of amides is 1. The van der Waals surface area contributed by atoms with E-state index in [1.54, 1.807) is 31.2 Å². The van der Waals surface area contributed by atoms with Gasteiger partial charge in [0.2, 0.25) is 0 Å². The molecule has 6 heteroatoms. The fourth-order valence-electron chi connectivity index (χ4n) is 2.58. The molecule has 2 aromatic rings. The van der Waals surface area contributed by atoms with E-state index in [2.05, 4.69) is 28.8 Å². The van der Waals surface area contributed by atoms with Gasteiger partial charge in [-0.25, -0.2) is 0 Å². The number of hydrogen-bond donors (Lipinski definition) is 1. The third-order valence-corrected chi connectivity index (χ3v) is 4.01. The van der Waals surface area contributed by atoms with E-state index in [-0.39, 0.29) is 11.7 Å². The third kappa shape index (κ3) is 4.68. The molecular weight excluding hydrogens is 326 g/mol. The van der Waals surface area contributed by atoms with Gasteiger partial charge in [-0.15, -0.1) is 0 Å². The molecule has 25 heavy (non-hydrogen) atoms. The Morgan fingerprint density at radius 1 is 1.12 bits per heavy atom. The first-order valence-electron chi connectivity index (χ1n) is 8.17. The topological polar surface area (TPSA) is 41.6 Å². The summed E-state index contributed by atoms with van der Waals surface area (Å²) in [6.45, 7) is 4.63. The lowest BCUT2D eigenvalue weighted by atomic mass is 10.1. The summed E-state index contributed by atoms with van der Waals surface area (Å²) < 4.78 is 29.3. The monoisotopic (exact) mass is 348 g/mol. The van der Waals surface area contributed by atoms with Gasteiger partial charge in [-0.3, -0.25) is 4.79 Å². The number of alkyl halides is 2. The van der Waals surface area contributed by atoms with Crippen molar-refractivity contribution in [3.8, 4) is 5.75 Å². The van der Waals surface area contributed by atoms with Gasteiger partial charge in [0.25, 0.3) is 5.91 Å². The zero-order valence-electron chi connectivity index (χ0n) is 14.6. The highest BCUT2D eigenvalue weighted by Crippen LogP contribution is 2.27. The van der Waals surface area contributed by atoms with Crippen LogP contribution in [0.1, 0.15) is 29.8 Å². The van der Waals surface area contributed by atoms with E-state index in [0.29, 0.717) is 16.8 Å². The number of ether oxygens (including phenoxy) is 1. The van der Waals surface area contributed by atoms with Crippen molar-refractivity contribution in [2.24, 2.45) is 0 Å². The maximum Gasteiger partial charge on any atom is 0.387 e. The Labute approximate surface area is 146 Å². The predicted octanol–water partition coefficient (Wildman–Crippen LogP) is 4.69. The molecule has 0 atom stereocenters. The van der Waals surface area contributed by atoms with Crippen molar-refractivity contribution in [2.45, 2.75) is 27.4 Å². The summed E-state index contributed by atoms with van der Waals surface area (Å²) in [5, 5.41) is 2.74. The van der Waals surface area contributed by atoms with Crippen LogP contribution in [0, 0.1) is 6.92 Å². The van der Waals surface area contributed by atoms with E-state index >= 15 is 0 Å². The Balaban J connectivity index is 2.14. The largest absolute Gasteiger partial charge is 0.434 e. The van der Waals surface area contributed by atoms with Crippen molar-refractivity contribution in [3.63, 3.8) is 0 Å². The molecule has 1 amide bonds. The first kappa shape index (κ1) is 18.7.